The van der Waals surface area contributed by atoms with Gasteiger partial charge in [0.05, 0.1) is 17.8 Å². The molecule has 2 rings (SSSR count). The third kappa shape index (κ3) is 3.04. The van der Waals surface area contributed by atoms with Crippen LogP contribution in [0.3, 0.4) is 0 Å². The molecule has 0 spiro atoms. The number of alkyl halides is 3. The molecule has 19 heavy (non-hydrogen) atoms. The van der Waals surface area contributed by atoms with Crippen molar-refractivity contribution in [1.29, 1.82) is 0 Å². The first-order valence-electron chi connectivity index (χ1n) is 5.45. The predicted molar refractivity (Wildman–Crippen MR) is 61.9 cm³/mol. The number of benzene rings is 1. The molecule has 0 bridgehead atoms. The number of hydrogen-bond acceptors (Lipinski definition) is 2. The Bertz CT molecular complexity index is 575. The zero-order chi connectivity index (χ0) is 14.0. The molecule has 3 nitrogen and oxygen atoms in total. The molecule has 1 aromatic carbocycles. The number of anilines is 1. The molecule has 0 aliphatic carbocycles. The van der Waals surface area contributed by atoms with E-state index in [1.54, 1.807) is 24.0 Å². The van der Waals surface area contributed by atoms with Crippen molar-refractivity contribution in [2.45, 2.75) is 12.7 Å². The van der Waals surface area contributed by atoms with Gasteiger partial charge in [0.2, 0.25) is 0 Å². The van der Waals surface area contributed by atoms with E-state index < -0.39 is 17.6 Å². The third-order valence-electron chi connectivity index (χ3n) is 2.65. The van der Waals surface area contributed by atoms with E-state index in [0.717, 1.165) is 12.1 Å². The second-order valence-corrected chi connectivity index (χ2v) is 4.00. The van der Waals surface area contributed by atoms with Crippen molar-refractivity contribution < 1.29 is 17.6 Å². The molecule has 0 amide bonds. The second-order valence-electron chi connectivity index (χ2n) is 4.00. The molecule has 0 unspecified atom stereocenters. The summed E-state index contributed by atoms with van der Waals surface area (Å²) in [6.45, 7) is 0.141. The Labute approximate surface area is 106 Å². The maximum absolute atomic E-state index is 13.4. The standard InChI is InChI=1S/C12H11F4N3/c1-19-5-4-17-11(19)7-18-10-6-8(12(14,15)16)2-3-9(10)13/h2-6,18H,7H2,1H3. The normalized spacial score (nSPS) is 11.6. The van der Waals surface area contributed by atoms with Gasteiger partial charge in [-0.25, -0.2) is 9.37 Å². The Morgan fingerprint density at radius 1 is 1.32 bits per heavy atom. The van der Waals surface area contributed by atoms with E-state index in [1.165, 1.54) is 0 Å². The number of aromatic nitrogens is 2. The van der Waals surface area contributed by atoms with Crippen LogP contribution in [-0.2, 0) is 19.8 Å². The molecule has 1 aromatic heterocycles. The summed E-state index contributed by atoms with van der Waals surface area (Å²) in [6, 6.07) is 2.25. The fourth-order valence-corrected chi connectivity index (χ4v) is 1.58. The second kappa shape index (κ2) is 4.91. The van der Waals surface area contributed by atoms with Gasteiger partial charge in [-0.3, -0.25) is 0 Å². The quantitative estimate of drug-likeness (QED) is 0.870. The summed E-state index contributed by atoms with van der Waals surface area (Å²) in [4.78, 5) is 3.99. The highest BCUT2D eigenvalue weighted by Crippen LogP contribution is 2.31. The van der Waals surface area contributed by atoms with Gasteiger partial charge in [0.15, 0.2) is 0 Å². The van der Waals surface area contributed by atoms with Crippen LogP contribution in [0.5, 0.6) is 0 Å². The van der Waals surface area contributed by atoms with Crippen LogP contribution < -0.4 is 5.32 Å². The van der Waals surface area contributed by atoms with E-state index in [1.807, 2.05) is 0 Å². The first kappa shape index (κ1) is 13.4. The lowest BCUT2D eigenvalue weighted by Gasteiger charge is -2.11. The van der Waals surface area contributed by atoms with Crippen molar-refractivity contribution in [1.82, 2.24) is 9.55 Å². The van der Waals surface area contributed by atoms with Crippen molar-refractivity contribution in [2.24, 2.45) is 7.05 Å². The summed E-state index contributed by atoms with van der Waals surface area (Å²) >= 11 is 0. The number of nitrogens with one attached hydrogen (secondary N) is 1. The Kier molecular flexibility index (Phi) is 3.46. The largest absolute Gasteiger partial charge is 0.416 e. The lowest BCUT2D eigenvalue weighted by molar-refractivity contribution is -0.137. The van der Waals surface area contributed by atoms with Crippen molar-refractivity contribution in [2.75, 3.05) is 5.32 Å². The summed E-state index contributed by atoms with van der Waals surface area (Å²) in [7, 11) is 1.74. The molecule has 1 N–H and O–H groups in total. The Hall–Kier alpha value is -2.05. The maximum Gasteiger partial charge on any atom is 0.416 e. The molecule has 7 heteroatoms. The van der Waals surface area contributed by atoms with Crippen LogP contribution in [0.2, 0.25) is 0 Å². The molecular formula is C12H11F4N3. The Balaban J connectivity index is 2.18. The van der Waals surface area contributed by atoms with E-state index in [4.69, 9.17) is 0 Å². The monoisotopic (exact) mass is 273 g/mol. The summed E-state index contributed by atoms with van der Waals surface area (Å²) in [5.74, 6) is -0.140. The van der Waals surface area contributed by atoms with E-state index in [2.05, 4.69) is 10.3 Å². The highest BCUT2D eigenvalue weighted by Gasteiger charge is 2.31. The van der Waals surface area contributed by atoms with Crippen molar-refractivity contribution >= 4 is 5.69 Å². The first-order valence-corrected chi connectivity index (χ1v) is 5.45. The zero-order valence-electron chi connectivity index (χ0n) is 10.0. The molecule has 0 aliphatic rings. The summed E-state index contributed by atoms with van der Waals surface area (Å²) in [5.41, 5.74) is -1.09. The first-order chi connectivity index (χ1) is 8.88. The minimum atomic E-state index is -4.49. The fourth-order valence-electron chi connectivity index (χ4n) is 1.58. The number of nitrogens with zero attached hydrogens (tertiary/aromatic N) is 2. The average molecular weight is 273 g/mol. The average Bonchev–Trinajstić information content (AvgIpc) is 2.72. The molecule has 0 atom stereocenters. The lowest BCUT2D eigenvalue weighted by atomic mass is 10.2. The minimum absolute atomic E-state index is 0.141. The molecule has 0 fully saturated rings. The minimum Gasteiger partial charge on any atom is -0.375 e. The topological polar surface area (TPSA) is 29.9 Å². The SMILES string of the molecule is Cn1ccnc1CNc1cc(C(F)(F)F)ccc1F. The maximum atomic E-state index is 13.4. The van der Waals surface area contributed by atoms with Crippen LogP contribution >= 0.6 is 0 Å². The van der Waals surface area contributed by atoms with Crippen LogP contribution in [0.4, 0.5) is 23.2 Å². The van der Waals surface area contributed by atoms with E-state index in [9.17, 15) is 17.6 Å². The van der Waals surface area contributed by atoms with Crippen molar-refractivity contribution in [3.05, 3.63) is 47.8 Å². The van der Waals surface area contributed by atoms with Gasteiger partial charge in [-0.15, -0.1) is 0 Å². The van der Waals surface area contributed by atoms with Gasteiger partial charge in [-0.05, 0) is 18.2 Å². The molecule has 2 aromatic rings. The highest BCUT2D eigenvalue weighted by atomic mass is 19.4. The zero-order valence-corrected chi connectivity index (χ0v) is 10.0. The van der Waals surface area contributed by atoms with Gasteiger partial charge in [-0.2, -0.15) is 13.2 Å². The predicted octanol–water partition coefficient (Wildman–Crippen LogP) is 3.19. The number of halogens is 4. The summed E-state index contributed by atoms with van der Waals surface area (Å²) in [5, 5.41) is 2.61. The van der Waals surface area contributed by atoms with Gasteiger partial charge in [-0.1, -0.05) is 0 Å². The van der Waals surface area contributed by atoms with Crippen LogP contribution in [0.25, 0.3) is 0 Å². The summed E-state index contributed by atoms with van der Waals surface area (Å²) < 4.78 is 52.7. The molecule has 0 saturated carbocycles. The third-order valence-corrected chi connectivity index (χ3v) is 2.65. The number of rotatable bonds is 3. The molecule has 0 radical (unpaired) electrons. The van der Waals surface area contributed by atoms with Crippen molar-refractivity contribution in [3.8, 4) is 0 Å². The molecule has 0 aliphatic heterocycles. The fraction of sp³-hybridized carbons (Fsp3) is 0.250. The van der Waals surface area contributed by atoms with E-state index >= 15 is 0 Å². The Morgan fingerprint density at radius 2 is 2.05 bits per heavy atom. The summed E-state index contributed by atoms with van der Waals surface area (Å²) in [6.07, 6.45) is -1.24. The van der Waals surface area contributed by atoms with Gasteiger partial charge in [0, 0.05) is 19.4 Å². The smallest absolute Gasteiger partial charge is 0.375 e. The number of imidazole rings is 1. The van der Waals surface area contributed by atoms with Gasteiger partial charge < -0.3 is 9.88 Å². The number of hydrogen-bond donors (Lipinski definition) is 1. The number of aryl methyl sites for hydroxylation is 1. The van der Waals surface area contributed by atoms with Crippen LogP contribution in [-0.4, -0.2) is 9.55 Å². The lowest BCUT2D eigenvalue weighted by Crippen LogP contribution is -2.09. The van der Waals surface area contributed by atoms with E-state index in [-0.39, 0.29) is 12.2 Å². The van der Waals surface area contributed by atoms with E-state index in [0.29, 0.717) is 11.9 Å². The van der Waals surface area contributed by atoms with Crippen molar-refractivity contribution in [3.63, 3.8) is 0 Å². The molecule has 102 valence electrons. The Morgan fingerprint density at radius 3 is 2.63 bits per heavy atom. The molecule has 1 heterocycles. The van der Waals surface area contributed by atoms with Crippen LogP contribution in [0.15, 0.2) is 30.6 Å². The molecule has 0 saturated heterocycles. The van der Waals surface area contributed by atoms with Gasteiger partial charge in [0.25, 0.3) is 0 Å². The van der Waals surface area contributed by atoms with Crippen LogP contribution in [0.1, 0.15) is 11.4 Å². The van der Waals surface area contributed by atoms with Gasteiger partial charge >= 0.3 is 6.18 Å². The molecular weight excluding hydrogens is 262 g/mol. The van der Waals surface area contributed by atoms with Crippen LogP contribution in [0, 0.1) is 5.82 Å². The van der Waals surface area contributed by atoms with Gasteiger partial charge in [0.1, 0.15) is 11.6 Å². The highest BCUT2D eigenvalue weighted by molar-refractivity contribution is 5.48.